The first kappa shape index (κ1) is 16.4. The summed E-state index contributed by atoms with van der Waals surface area (Å²) in [5.41, 5.74) is 2.12. The van der Waals surface area contributed by atoms with Crippen molar-refractivity contribution in [3.63, 3.8) is 0 Å². The molecule has 2 aromatic carbocycles. The second-order valence-electron chi connectivity index (χ2n) is 5.39. The highest BCUT2D eigenvalue weighted by atomic mass is 32.2. The van der Waals surface area contributed by atoms with Gasteiger partial charge in [-0.25, -0.2) is 18.1 Å². The molecule has 122 valence electrons. The Balaban J connectivity index is 1.86. The van der Waals surface area contributed by atoms with Crippen LogP contribution in [0, 0.1) is 0 Å². The first-order valence-electron chi connectivity index (χ1n) is 7.67. The van der Waals surface area contributed by atoms with Gasteiger partial charge in [-0.2, -0.15) is 0 Å². The molecule has 0 radical (unpaired) electrons. The monoisotopic (exact) mass is 338 g/mol. The number of nitrogens with zero attached hydrogens (tertiary/aromatic N) is 1. The minimum Gasteiger partial charge on any atom is -0.243 e. The second-order valence-corrected chi connectivity index (χ2v) is 7.11. The number of hydrogen-bond acceptors (Lipinski definition) is 3. The maximum Gasteiger partial charge on any atom is 0.258 e. The van der Waals surface area contributed by atoms with Gasteiger partial charge in [0.25, 0.3) is 10.0 Å². The molecule has 1 aromatic heterocycles. The molecule has 0 bridgehead atoms. The molecular formula is C19H18N2O2S. The topological polar surface area (TPSA) is 59.1 Å². The van der Waals surface area contributed by atoms with Crippen molar-refractivity contribution in [3.8, 4) is 0 Å². The number of sulfonamides is 1. The van der Waals surface area contributed by atoms with Gasteiger partial charge in [-0.05, 0) is 23.3 Å². The number of hydrogen-bond donors (Lipinski definition) is 1. The van der Waals surface area contributed by atoms with Crippen molar-refractivity contribution in [2.45, 2.75) is 10.9 Å². The molecular weight excluding hydrogens is 320 g/mol. The quantitative estimate of drug-likeness (QED) is 0.751. The van der Waals surface area contributed by atoms with Gasteiger partial charge in [0.15, 0.2) is 5.03 Å². The molecule has 0 spiro atoms. The van der Waals surface area contributed by atoms with E-state index in [-0.39, 0.29) is 17.5 Å². The van der Waals surface area contributed by atoms with Gasteiger partial charge in [0.1, 0.15) is 0 Å². The molecule has 0 aliphatic rings. The summed E-state index contributed by atoms with van der Waals surface area (Å²) in [6.07, 6.45) is 1.47. The lowest BCUT2D eigenvalue weighted by molar-refractivity contribution is 0.573. The highest BCUT2D eigenvalue weighted by Crippen LogP contribution is 2.24. The Hall–Kier alpha value is -2.50. The lowest BCUT2D eigenvalue weighted by Crippen LogP contribution is -2.29. The van der Waals surface area contributed by atoms with Gasteiger partial charge >= 0.3 is 0 Å². The van der Waals surface area contributed by atoms with Gasteiger partial charge < -0.3 is 0 Å². The average Bonchev–Trinajstić information content (AvgIpc) is 2.64. The maximum atomic E-state index is 12.4. The standard InChI is InChI=1S/C19H18N2O2S/c22-24(23,19-13-7-8-14-20-19)21-15-18(16-9-3-1-4-10-16)17-11-5-2-6-12-17/h1-14,18,21H,15H2. The molecule has 0 unspecified atom stereocenters. The smallest absolute Gasteiger partial charge is 0.243 e. The van der Waals surface area contributed by atoms with Gasteiger partial charge in [-0.15, -0.1) is 0 Å². The summed E-state index contributed by atoms with van der Waals surface area (Å²) in [4.78, 5) is 3.92. The summed E-state index contributed by atoms with van der Waals surface area (Å²) in [5, 5.41) is 0.0323. The van der Waals surface area contributed by atoms with Gasteiger partial charge in [-0.1, -0.05) is 66.7 Å². The van der Waals surface area contributed by atoms with Crippen molar-refractivity contribution in [1.82, 2.24) is 9.71 Å². The van der Waals surface area contributed by atoms with E-state index in [0.29, 0.717) is 0 Å². The van der Waals surface area contributed by atoms with Gasteiger partial charge in [0.2, 0.25) is 0 Å². The van der Waals surface area contributed by atoms with E-state index in [2.05, 4.69) is 9.71 Å². The summed E-state index contributed by atoms with van der Waals surface area (Å²) in [6.45, 7) is 0.271. The number of aromatic nitrogens is 1. The van der Waals surface area contributed by atoms with E-state index < -0.39 is 10.0 Å². The van der Waals surface area contributed by atoms with E-state index >= 15 is 0 Å². The molecule has 3 aromatic rings. The molecule has 5 heteroatoms. The molecule has 0 aliphatic carbocycles. The molecule has 1 N–H and O–H groups in total. The third-order valence-corrected chi connectivity index (χ3v) is 5.13. The third kappa shape index (κ3) is 3.88. The summed E-state index contributed by atoms with van der Waals surface area (Å²) < 4.78 is 27.5. The van der Waals surface area contributed by atoms with Gasteiger partial charge in [0, 0.05) is 18.7 Å². The Morgan fingerprint density at radius 3 is 1.83 bits per heavy atom. The fraction of sp³-hybridized carbons (Fsp3) is 0.105. The Kier molecular flexibility index (Phi) is 5.03. The predicted molar refractivity (Wildman–Crippen MR) is 94.2 cm³/mol. The zero-order chi connectivity index (χ0) is 16.8. The van der Waals surface area contributed by atoms with Crippen LogP contribution in [0.2, 0.25) is 0 Å². The van der Waals surface area contributed by atoms with Crippen LogP contribution in [0.5, 0.6) is 0 Å². The van der Waals surface area contributed by atoms with Crippen LogP contribution in [0.25, 0.3) is 0 Å². The van der Waals surface area contributed by atoms with Crippen LogP contribution in [0.4, 0.5) is 0 Å². The van der Waals surface area contributed by atoms with Crippen LogP contribution >= 0.6 is 0 Å². The fourth-order valence-electron chi connectivity index (χ4n) is 2.57. The summed E-state index contributed by atoms with van der Waals surface area (Å²) in [6, 6.07) is 24.6. The van der Waals surface area contributed by atoms with Gasteiger partial charge in [-0.3, -0.25) is 0 Å². The Morgan fingerprint density at radius 1 is 0.792 bits per heavy atom. The molecule has 0 aliphatic heterocycles. The van der Waals surface area contributed by atoms with Crippen molar-refractivity contribution in [1.29, 1.82) is 0 Å². The van der Waals surface area contributed by atoms with Crippen molar-refractivity contribution >= 4 is 10.0 Å². The number of benzene rings is 2. The first-order valence-corrected chi connectivity index (χ1v) is 9.16. The van der Waals surface area contributed by atoms with Crippen LogP contribution in [0.15, 0.2) is 90.1 Å². The van der Waals surface area contributed by atoms with Crippen LogP contribution < -0.4 is 4.72 Å². The minimum absolute atomic E-state index is 0.0323. The molecule has 0 saturated carbocycles. The first-order chi connectivity index (χ1) is 11.7. The molecule has 0 amide bonds. The van der Waals surface area contributed by atoms with Crippen LogP contribution in [0.1, 0.15) is 17.0 Å². The van der Waals surface area contributed by atoms with E-state index in [1.54, 1.807) is 12.1 Å². The molecule has 4 nitrogen and oxygen atoms in total. The summed E-state index contributed by atoms with van der Waals surface area (Å²) >= 11 is 0. The highest BCUT2D eigenvalue weighted by Gasteiger charge is 2.20. The van der Waals surface area contributed by atoms with E-state index in [0.717, 1.165) is 11.1 Å². The normalized spacial score (nSPS) is 11.5. The Morgan fingerprint density at radius 2 is 1.33 bits per heavy atom. The van der Waals surface area contributed by atoms with E-state index in [4.69, 9.17) is 0 Å². The molecule has 3 rings (SSSR count). The summed E-state index contributed by atoms with van der Waals surface area (Å²) in [5.74, 6) is -0.0640. The minimum atomic E-state index is -3.63. The Bertz CT molecular complexity index is 828. The SMILES string of the molecule is O=S(=O)(NCC(c1ccccc1)c1ccccc1)c1ccccn1. The maximum absolute atomic E-state index is 12.4. The zero-order valence-electron chi connectivity index (χ0n) is 13.0. The third-order valence-electron chi connectivity index (χ3n) is 3.79. The largest absolute Gasteiger partial charge is 0.258 e. The molecule has 0 atom stereocenters. The summed E-state index contributed by atoms with van der Waals surface area (Å²) in [7, 11) is -3.63. The van der Waals surface area contributed by atoms with E-state index in [1.165, 1.54) is 12.3 Å². The predicted octanol–water partition coefficient (Wildman–Crippen LogP) is 3.19. The Labute approximate surface area is 142 Å². The van der Waals surface area contributed by atoms with Crippen molar-refractivity contribution in [3.05, 3.63) is 96.2 Å². The molecule has 0 fully saturated rings. The average molecular weight is 338 g/mol. The number of nitrogens with one attached hydrogen (secondary N) is 1. The van der Waals surface area contributed by atoms with Crippen molar-refractivity contribution < 1.29 is 8.42 Å². The number of pyridine rings is 1. The van der Waals surface area contributed by atoms with Gasteiger partial charge in [0.05, 0.1) is 0 Å². The van der Waals surface area contributed by atoms with Crippen molar-refractivity contribution in [2.75, 3.05) is 6.54 Å². The van der Waals surface area contributed by atoms with Crippen LogP contribution in [-0.2, 0) is 10.0 Å². The van der Waals surface area contributed by atoms with E-state index in [1.807, 2.05) is 60.7 Å². The fourth-order valence-corrected chi connectivity index (χ4v) is 3.56. The second kappa shape index (κ2) is 7.38. The highest BCUT2D eigenvalue weighted by molar-refractivity contribution is 7.89. The van der Waals surface area contributed by atoms with Crippen LogP contribution in [-0.4, -0.2) is 19.9 Å². The van der Waals surface area contributed by atoms with Crippen LogP contribution in [0.3, 0.4) is 0 Å². The number of rotatable bonds is 6. The molecule has 24 heavy (non-hydrogen) atoms. The molecule has 0 saturated heterocycles. The zero-order valence-corrected chi connectivity index (χ0v) is 13.9. The lowest BCUT2D eigenvalue weighted by Gasteiger charge is -2.18. The van der Waals surface area contributed by atoms with Crippen molar-refractivity contribution in [2.24, 2.45) is 0 Å². The van der Waals surface area contributed by atoms with E-state index in [9.17, 15) is 8.42 Å². The molecule has 1 heterocycles. The lowest BCUT2D eigenvalue weighted by atomic mass is 9.92.